The van der Waals surface area contributed by atoms with Crippen LogP contribution in [0, 0.1) is 10.1 Å². The molecule has 0 radical (unpaired) electrons. The third-order valence-electron chi connectivity index (χ3n) is 3.85. The molecule has 138 valence electrons. The zero-order valence-corrected chi connectivity index (χ0v) is 14.3. The Labute approximate surface area is 155 Å². The largest absolute Gasteiger partial charge is 0.335 e. The van der Waals surface area contributed by atoms with E-state index in [1.54, 1.807) is 42.5 Å². The molecule has 0 atom stereocenters. The number of hydrogen-bond acceptors (Lipinski definition) is 4. The standard InChI is InChI=1S/C19H18N4O4/c24-18(12-3-13-1-10-17(11-2-13)23(26)27)20-14-4-6-15(7-5-14)21-19(25)22-16-8-9-16/h1-7,10-12,16H,8-9H2,(H,20,24)(H2,21,22,25)/b12-3+. The zero-order chi connectivity index (χ0) is 19.2. The van der Waals surface area contributed by atoms with Gasteiger partial charge in [-0.05, 0) is 60.9 Å². The highest BCUT2D eigenvalue weighted by Gasteiger charge is 2.23. The van der Waals surface area contributed by atoms with Gasteiger partial charge in [-0.15, -0.1) is 0 Å². The number of urea groups is 1. The first-order chi connectivity index (χ1) is 13.0. The molecule has 2 aromatic carbocycles. The predicted octanol–water partition coefficient (Wildman–Crippen LogP) is 3.53. The fourth-order valence-corrected chi connectivity index (χ4v) is 2.28. The van der Waals surface area contributed by atoms with Crippen LogP contribution in [0.15, 0.2) is 54.6 Å². The van der Waals surface area contributed by atoms with E-state index in [1.165, 1.54) is 18.2 Å². The Morgan fingerprint density at radius 2 is 1.56 bits per heavy atom. The van der Waals surface area contributed by atoms with Crippen molar-refractivity contribution in [3.05, 3.63) is 70.3 Å². The molecule has 0 bridgehead atoms. The number of anilines is 2. The molecule has 0 saturated heterocycles. The van der Waals surface area contributed by atoms with E-state index in [-0.39, 0.29) is 23.7 Å². The fourth-order valence-electron chi connectivity index (χ4n) is 2.28. The van der Waals surface area contributed by atoms with Crippen LogP contribution in [0.5, 0.6) is 0 Å². The summed E-state index contributed by atoms with van der Waals surface area (Å²) in [5.74, 6) is -0.333. The molecule has 0 unspecified atom stereocenters. The summed E-state index contributed by atoms with van der Waals surface area (Å²) in [6.45, 7) is 0. The third kappa shape index (κ3) is 5.67. The van der Waals surface area contributed by atoms with Crippen LogP contribution in [-0.4, -0.2) is 22.9 Å². The fraction of sp³-hybridized carbons (Fsp3) is 0.158. The van der Waals surface area contributed by atoms with Gasteiger partial charge in [0, 0.05) is 35.6 Å². The number of hydrogen-bond donors (Lipinski definition) is 3. The maximum Gasteiger partial charge on any atom is 0.319 e. The van der Waals surface area contributed by atoms with Crippen molar-refractivity contribution in [1.82, 2.24) is 5.32 Å². The second-order valence-electron chi connectivity index (χ2n) is 6.12. The molecule has 0 heterocycles. The molecule has 0 aliphatic heterocycles. The molecule has 1 fully saturated rings. The molecular weight excluding hydrogens is 348 g/mol. The second kappa shape index (κ2) is 8.13. The Kier molecular flexibility index (Phi) is 5.46. The van der Waals surface area contributed by atoms with Crippen molar-refractivity contribution in [3.8, 4) is 0 Å². The van der Waals surface area contributed by atoms with Crippen LogP contribution < -0.4 is 16.0 Å². The normalized spacial score (nSPS) is 13.2. The molecule has 1 aliphatic rings. The summed E-state index contributed by atoms with van der Waals surface area (Å²) in [5.41, 5.74) is 1.89. The number of carbonyl (C=O) groups is 2. The highest BCUT2D eigenvalue weighted by atomic mass is 16.6. The smallest absolute Gasteiger partial charge is 0.319 e. The van der Waals surface area contributed by atoms with E-state index in [4.69, 9.17) is 0 Å². The van der Waals surface area contributed by atoms with E-state index >= 15 is 0 Å². The minimum Gasteiger partial charge on any atom is -0.335 e. The molecule has 0 spiro atoms. The van der Waals surface area contributed by atoms with Crippen molar-refractivity contribution in [2.24, 2.45) is 0 Å². The van der Waals surface area contributed by atoms with Crippen LogP contribution >= 0.6 is 0 Å². The summed E-state index contributed by atoms with van der Waals surface area (Å²) in [5, 5.41) is 18.9. The lowest BCUT2D eigenvalue weighted by molar-refractivity contribution is -0.384. The quantitative estimate of drug-likeness (QED) is 0.412. The lowest BCUT2D eigenvalue weighted by atomic mass is 10.2. The van der Waals surface area contributed by atoms with Gasteiger partial charge in [0.25, 0.3) is 5.69 Å². The first-order valence-corrected chi connectivity index (χ1v) is 8.41. The molecule has 0 aromatic heterocycles. The number of nitro groups is 1. The van der Waals surface area contributed by atoms with Crippen molar-refractivity contribution in [3.63, 3.8) is 0 Å². The van der Waals surface area contributed by atoms with E-state index in [2.05, 4.69) is 16.0 Å². The van der Waals surface area contributed by atoms with Crippen molar-refractivity contribution >= 4 is 35.1 Å². The maximum atomic E-state index is 12.0. The van der Waals surface area contributed by atoms with Gasteiger partial charge in [0.05, 0.1) is 4.92 Å². The maximum absolute atomic E-state index is 12.0. The number of benzene rings is 2. The third-order valence-corrected chi connectivity index (χ3v) is 3.85. The van der Waals surface area contributed by atoms with E-state index in [9.17, 15) is 19.7 Å². The molecule has 3 rings (SSSR count). The molecule has 2 aromatic rings. The van der Waals surface area contributed by atoms with Gasteiger partial charge >= 0.3 is 6.03 Å². The van der Waals surface area contributed by atoms with Crippen LogP contribution in [0.1, 0.15) is 18.4 Å². The molecule has 3 N–H and O–H groups in total. The lowest BCUT2D eigenvalue weighted by Crippen LogP contribution is -2.30. The van der Waals surface area contributed by atoms with Crippen LogP contribution in [0.25, 0.3) is 6.08 Å². The van der Waals surface area contributed by atoms with Gasteiger partial charge in [-0.25, -0.2) is 4.79 Å². The van der Waals surface area contributed by atoms with Crippen molar-refractivity contribution in [2.45, 2.75) is 18.9 Å². The average Bonchev–Trinajstić information content (AvgIpc) is 3.46. The number of nitrogens with one attached hydrogen (secondary N) is 3. The molecule has 1 aliphatic carbocycles. The Bertz CT molecular complexity index is 872. The molecule has 1 saturated carbocycles. The van der Waals surface area contributed by atoms with Gasteiger partial charge in [0.2, 0.25) is 5.91 Å². The number of carbonyl (C=O) groups excluding carboxylic acids is 2. The van der Waals surface area contributed by atoms with Crippen LogP contribution in [0.2, 0.25) is 0 Å². The van der Waals surface area contributed by atoms with Crippen molar-refractivity contribution < 1.29 is 14.5 Å². The topological polar surface area (TPSA) is 113 Å². The van der Waals surface area contributed by atoms with E-state index in [0.717, 1.165) is 12.8 Å². The van der Waals surface area contributed by atoms with Gasteiger partial charge in [-0.3, -0.25) is 14.9 Å². The summed E-state index contributed by atoms with van der Waals surface area (Å²) in [6, 6.07) is 12.7. The zero-order valence-electron chi connectivity index (χ0n) is 14.3. The first-order valence-electron chi connectivity index (χ1n) is 8.41. The Morgan fingerprint density at radius 3 is 2.11 bits per heavy atom. The van der Waals surface area contributed by atoms with Crippen molar-refractivity contribution in [1.29, 1.82) is 0 Å². The van der Waals surface area contributed by atoms with Gasteiger partial charge in [0.15, 0.2) is 0 Å². The lowest BCUT2D eigenvalue weighted by Gasteiger charge is -2.07. The first kappa shape index (κ1) is 18.1. The van der Waals surface area contributed by atoms with Crippen LogP contribution in [0.4, 0.5) is 21.9 Å². The SMILES string of the molecule is O=C(/C=C/c1ccc([N+](=O)[O-])cc1)Nc1ccc(NC(=O)NC2CC2)cc1. The van der Waals surface area contributed by atoms with E-state index in [1.807, 2.05) is 0 Å². The van der Waals surface area contributed by atoms with E-state index < -0.39 is 4.92 Å². The highest BCUT2D eigenvalue weighted by Crippen LogP contribution is 2.19. The minimum absolute atomic E-state index is 0.00360. The monoisotopic (exact) mass is 366 g/mol. The van der Waals surface area contributed by atoms with Gasteiger partial charge < -0.3 is 16.0 Å². The number of non-ortho nitro benzene ring substituents is 1. The molecule has 27 heavy (non-hydrogen) atoms. The summed E-state index contributed by atoms with van der Waals surface area (Å²) >= 11 is 0. The Balaban J connectivity index is 1.50. The summed E-state index contributed by atoms with van der Waals surface area (Å²) in [6.07, 6.45) is 4.95. The molecule has 3 amide bonds. The number of nitro benzene ring substituents is 1. The Hall–Kier alpha value is -3.68. The number of nitrogens with zero attached hydrogens (tertiary/aromatic N) is 1. The molecular formula is C19H18N4O4. The van der Waals surface area contributed by atoms with Crippen LogP contribution in [-0.2, 0) is 4.79 Å². The summed E-state index contributed by atoms with van der Waals surface area (Å²) in [7, 11) is 0. The number of amides is 3. The summed E-state index contributed by atoms with van der Waals surface area (Å²) < 4.78 is 0. The highest BCUT2D eigenvalue weighted by molar-refractivity contribution is 6.02. The van der Waals surface area contributed by atoms with Crippen LogP contribution in [0.3, 0.4) is 0 Å². The van der Waals surface area contributed by atoms with Crippen molar-refractivity contribution in [2.75, 3.05) is 10.6 Å². The summed E-state index contributed by atoms with van der Waals surface area (Å²) in [4.78, 5) is 33.8. The molecule has 8 heteroatoms. The predicted molar refractivity (Wildman–Crippen MR) is 102 cm³/mol. The molecule has 8 nitrogen and oxygen atoms in total. The van der Waals surface area contributed by atoms with Gasteiger partial charge in [-0.1, -0.05) is 0 Å². The van der Waals surface area contributed by atoms with Gasteiger partial charge in [-0.2, -0.15) is 0 Å². The van der Waals surface area contributed by atoms with E-state index in [0.29, 0.717) is 16.9 Å². The average molecular weight is 366 g/mol. The number of rotatable bonds is 6. The minimum atomic E-state index is -0.478. The second-order valence-corrected chi connectivity index (χ2v) is 6.12. The Morgan fingerprint density at radius 1 is 0.963 bits per heavy atom. The van der Waals surface area contributed by atoms with Gasteiger partial charge in [0.1, 0.15) is 0 Å².